The van der Waals surface area contributed by atoms with Gasteiger partial charge in [-0.25, -0.2) is 0 Å². The molecule has 1 heterocycles. The zero-order chi connectivity index (χ0) is 17.8. The van der Waals surface area contributed by atoms with E-state index in [2.05, 4.69) is 15.5 Å². The molecule has 0 aliphatic rings. The topological polar surface area (TPSA) is 69.0 Å². The minimum absolute atomic E-state index is 0.255. The molecule has 6 nitrogen and oxygen atoms in total. The Bertz CT molecular complexity index is 911. The van der Waals surface area contributed by atoms with E-state index in [1.807, 2.05) is 0 Å². The molecule has 0 aliphatic carbocycles. The molecule has 0 aliphatic heterocycles. The molecule has 0 unspecified atom stereocenters. The summed E-state index contributed by atoms with van der Waals surface area (Å²) in [6, 6.07) is 11.8. The first-order chi connectivity index (χ1) is 12.0. The third-order valence-corrected chi connectivity index (χ3v) is 3.99. The number of nitrogens with zero attached hydrogens (tertiary/aromatic N) is 3. The van der Waals surface area contributed by atoms with Gasteiger partial charge in [0.1, 0.15) is 17.8 Å². The molecule has 1 aromatic heterocycles. The van der Waals surface area contributed by atoms with Gasteiger partial charge in [0.05, 0.1) is 17.1 Å². The van der Waals surface area contributed by atoms with E-state index in [1.165, 1.54) is 0 Å². The van der Waals surface area contributed by atoms with Gasteiger partial charge in [0.2, 0.25) is 0 Å². The van der Waals surface area contributed by atoms with Crippen LogP contribution in [0.25, 0.3) is 0 Å². The average molecular weight is 377 g/mol. The number of carbonyl (C=O) groups excluding carboxylic acids is 1. The van der Waals surface area contributed by atoms with Gasteiger partial charge in [0.25, 0.3) is 5.91 Å². The Hall–Kier alpha value is -2.57. The molecular weight excluding hydrogens is 363 g/mol. The molecule has 0 bridgehead atoms. The van der Waals surface area contributed by atoms with Gasteiger partial charge in [-0.05, 0) is 30.3 Å². The van der Waals surface area contributed by atoms with E-state index in [0.29, 0.717) is 32.9 Å². The second-order valence-corrected chi connectivity index (χ2v) is 6.06. The maximum Gasteiger partial charge on any atom is 0.255 e. The van der Waals surface area contributed by atoms with Crippen LogP contribution >= 0.6 is 23.2 Å². The van der Waals surface area contributed by atoms with Crippen LogP contribution in [0.3, 0.4) is 0 Å². The number of aromatic nitrogens is 3. The number of halogens is 2. The maximum absolute atomic E-state index is 12.5. The Kier molecular flexibility index (Phi) is 5.21. The lowest BCUT2D eigenvalue weighted by molar-refractivity contribution is 0.0947. The van der Waals surface area contributed by atoms with Crippen LogP contribution < -0.4 is 10.1 Å². The summed E-state index contributed by atoms with van der Waals surface area (Å²) in [5.41, 5.74) is 0.385. The van der Waals surface area contributed by atoms with Crippen molar-refractivity contribution in [2.75, 3.05) is 0 Å². The number of aryl methyl sites for hydroxylation is 1. The molecule has 0 saturated heterocycles. The van der Waals surface area contributed by atoms with Crippen molar-refractivity contribution >= 4 is 29.1 Å². The third-order valence-electron chi connectivity index (χ3n) is 3.46. The summed E-state index contributed by atoms with van der Waals surface area (Å²) in [7, 11) is 1.81. The van der Waals surface area contributed by atoms with Crippen molar-refractivity contribution in [3.63, 3.8) is 0 Å². The summed E-state index contributed by atoms with van der Waals surface area (Å²) in [5.74, 6) is 1.16. The van der Waals surface area contributed by atoms with Crippen molar-refractivity contribution in [3.8, 4) is 11.5 Å². The van der Waals surface area contributed by atoms with Crippen LogP contribution in [0.4, 0.5) is 0 Å². The first-order valence-electron chi connectivity index (χ1n) is 7.37. The number of para-hydroxylation sites is 1. The summed E-state index contributed by atoms with van der Waals surface area (Å²) in [5, 5.41) is 11.4. The monoisotopic (exact) mass is 376 g/mol. The summed E-state index contributed by atoms with van der Waals surface area (Å²) in [6.45, 7) is 0.255. The van der Waals surface area contributed by atoms with Crippen molar-refractivity contribution in [1.29, 1.82) is 0 Å². The number of nitrogens with one attached hydrogen (secondary N) is 1. The highest BCUT2D eigenvalue weighted by Gasteiger charge is 2.14. The zero-order valence-corrected chi connectivity index (χ0v) is 14.8. The molecular formula is C17H14Cl2N4O2. The van der Waals surface area contributed by atoms with Crippen molar-refractivity contribution in [2.45, 2.75) is 6.54 Å². The standard InChI is InChI=1S/C17H14Cl2N4O2/c1-23-10-21-22-16(23)9-20-17(24)12-4-2-3-5-14(12)25-15-7-6-11(18)8-13(15)19/h2-8,10H,9H2,1H3,(H,20,24). The fourth-order valence-electron chi connectivity index (χ4n) is 2.14. The number of hydrogen-bond donors (Lipinski definition) is 1. The minimum Gasteiger partial charge on any atom is -0.455 e. The zero-order valence-electron chi connectivity index (χ0n) is 13.2. The van der Waals surface area contributed by atoms with E-state index >= 15 is 0 Å². The molecule has 0 atom stereocenters. The van der Waals surface area contributed by atoms with Gasteiger partial charge >= 0.3 is 0 Å². The van der Waals surface area contributed by atoms with Crippen LogP contribution in [0.5, 0.6) is 11.5 Å². The molecule has 0 fully saturated rings. The lowest BCUT2D eigenvalue weighted by Crippen LogP contribution is -2.24. The van der Waals surface area contributed by atoms with Gasteiger partial charge in [-0.15, -0.1) is 10.2 Å². The van der Waals surface area contributed by atoms with Crippen molar-refractivity contribution in [3.05, 3.63) is 70.2 Å². The molecule has 1 amide bonds. The molecule has 128 valence electrons. The quantitative estimate of drug-likeness (QED) is 0.734. The van der Waals surface area contributed by atoms with Gasteiger partial charge in [-0.3, -0.25) is 4.79 Å². The summed E-state index contributed by atoms with van der Waals surface area (Å²) in [6.07, 6.45) is 1.57. The molecule has 0 saturated carbocycles. The molecule has 2 aromatic carbocycles. The average Bonchev–Trinajstić information content (AvgIpc) is 3.01. The number of hydrogen-bond acceptors (Lipinski definition) is 4. The highest BCUT2D eigenvalue weighted by molar-refractivity contribution is 6.35. The molecule has 8 heteroatoms. The maximum atomic E-state index is 12.5. The predicted octanol–water partition coefficient (Wildman–Crippen LogP) is 3.84. The van der Waals surface area contributed by atoms with Crippen molar-refractivity contribution in [2.24, 2.45) is 7.05 Å². The summed E-state index contributed by atoms with van der Waals surface area (Å²) in [4.78, 5) is 12.5. The van der Waals surface area contributed by atoms with Crippen LogP contribution in [0.2, 0.25) is 10.0 Å². The van der Waals surface area contributed by atoms with E-state index in [1.54, 1.807) is 60.4 Å². The lowest BCUT2D eigenvalue weighted by atomic mass is 10.2. The van der Waals surface area contributed by atoms with E-state index < -0.39 is 0 Å². The van der Waals surface area contributed by atoms with E-state index in [-0.39, 0.29) is 12.5 Å². The first kappa shape index (κ1) is 17.3. The normalized spacial score (nSPS) is 10.5. The molecule has 3 rings (SSSR count). The Labute approximate surface area is 154 Å². The van der Waals surface area contributed by atoms with Crippen LogP contribution in [-0.4, -0.2) is 20.7 Å². The lowest BCUT2D eigenvalue weighted by Gasteiger charge is -2.12. The molecule has 0 spiro atoms. The first-order valence-corrected chi connectivity index (χ1v) is 8.13. The van der Waals surface area contributed by atoms with Crippen LogP contribution in [0.1, 0.15) is 16.2 Å². The van der Waals surface area contributed by atoms with Crippen LogP contribution in [-0.2, 0) is 13.6 Å². The Morgan fingerprint density at radius 1 is 1.20 bits per heavy atom. The van der Waals surface area contributed by atoms with E-state index in [9.17, 15) is 4.79 Å². The van der Waals surface area contributed by atoms with E-state index in [0.717, 1.165) is 0 Å². The fraction of sp³-hybridized carbons (Fsp3) is 0.118. The van der Waals surface area contributed by atoms with Crippen molar-refractivity contribution in [1.82, 2.24) is 20.1 Å². The smallest absolute Gasteiger partial charge is 0.255 e. The number of carbonyl (C=O) groups is 1. The predicted molar refractivity (Wildman–Crippen MR) is 95.2 cm³/mol. The second-order valence-electron chi connectivity index (χ2n) is 5.21. The van der Waals surface area contributed by atoms with Gasteiger partial charge in [0, 0.05) is 12.1 Å². The summed E-state index contributed by atoms with van der Waals surface area (Å²) < 4.78 is 7.52. The molecule has 3 aromatic rings. The van der Waals surface area contributed by atoms with Gasteiger partial charge in [-0.1, -0.05) is 35.3 Å². The van der Waals surface area contributed by atoms with Crippen molar-refractivity contribution < 1.29 is 9.53 Å². The Balaban J connectivity index is 1.78. The fourth-order valence-corrected chi connectivity index (χ4v) is 2.59. The SMILES string of the molecule is Cn1cnnc1CNC(=O)c1ccccc1Oc1ccc(Cl)cc1Cl. The number of ether oxygens (including phenoxy) is 1. The highest BCUT2D eigenvalue weighted by Crippen LogP contribution is 2.33. The molecule has 0 radical (unpaired) electrons. The minimum atomic E-state index is -0.288. The largest absolute Gasteiger partial charge is 0.455 e. The van der Waals surface area contributed by atoms with Gasteiger partial charge in [-0.2, -0.15) is 0 Å². The number of benzene rings is 2. The van der Waals surface area contributed by atoms with Crippen LogP contribution in [0.15, 0.2) is 48.8 Å². The Morgan fingerprint density at radius 2 is 2.00 bits per heavy atom. The van der Waals surface area contributed by atoms with Gasteiger partial charge in [0.15, 0.2) is 5.82 Å². The number of rotatable bonds is 5. The second kappa shape index (κ2) is 7.55. The highest BCUT2D eigenvalue weighted by atomic mass is 35.5. The number of amides is 1. The molecule has 1 N–H and O–H groups in total. The molecule has 25 heavy (non-hydrogen) atoms. The summed E-state index contributed by atoms with van der Waals surface area (Å²) >= 11 is 12.0. The Morgan fingerprint density at radius 3 is 2.72 bits per heavy atom. The van der Waals surface area contributed by atoms with Crippen LogP contribution in [0, 0.1) is 0 Å². The van der Waals surface area contributed by atoms with E-state index in [4.69, 9.17) is 27.9 Å². The third kappa shape index (κ3) is 4.10. The van der Waals surface area contributed by atoms with Gasteiger partial charge < -0.3 is 14.6 Å².